The Bertz CT molecular complexity index is 3550. The van der Waals surface area contributed by atoms with Crippen LogP contribution in [0.1, 0.15) is 180 Å². The fourth-order valence-corrected chi connectivity index (χ4v) is 14.7. The Hall–Kier alpha value is -5.84. The fourth-order valence-electron chi connectivity index (χ4n) is 13.3. The van der Waals surface area contributed by atoms with Gasteiger partial charge in [-0.3, -0.25) is 0 Å². The average molecular weight is 989 g/mol. The molecule has 0 fully saturated rings. The summed E-state index contributed by atoms with van der Waals surface area (Å²) in [7, 11) is 0. The van der Waals surface area contributed by atoms with Crippen molar-refractivity contribution in [3.05, 3.63) is 172 Å². The second-order valence-corrected chi connectivity index (χ2v) is 28.5. The minimum atomic E-state index is -0.154. The third kappa shape index (κ3) is 7.77. The topological polar surface area (TPSA) is 6.48 Å². The van der Waals surface area contributed by atoms with Gasteiger partial charge in [-0.25, -0.2) is 0 Å². The molecule has 0 radical (unpaired) electrons. The summed E-state index contributed by atoms with van der Waals surface area (Å²) in [6.07, 6.45) is 4.80. The number of hydrogen-bond donors (Lipinski definition) is 0. The molecule has 12 rings (SSSR count). The van der Waals surface area contributed by atoms with E-state index in [1.165, 1.54) is 129 Å². The largest absolute Gasteiger partial charge is 0.311 e. The van der Waals surface area contributed by atoms with Crippen molar-refractivity contribution in [2.24, 2.45) is 0 Å². The van der Waals surface area contributed by atoms with Crippen LogP contribution in [0.4, 0.5) is 34.1 Å². The maximum Gasteiger partial charge on any atom is 0.264 e. The standard InChI is InChI=1S/C70H77BN2S/c1-42-26-27-43(2)50-39-62-53(38-49(42)50)64-65(74-62)71-56-40-54-55(70(14,15)33-32-69(54,12)13)41-59(56)72(57-30-28-46(66(3,4)5)34-51(57)44-22-18-16-19-23-44)60-36-48(68(9,10)11)37-61(63(60)71)73(64)58-31-29-47(67(6,7)8)35-52(58)45-24-20-17-21-25-45/h16-25,28-31,34-43H,26-27,32-33H2,1-15H3. The molecule has 7 aromatic carbocycles. The Kier molecular flexibility index (Phi) is 11.2. The van der Waals surface area contributed by atoms with Crippen molar-refractivity contribution in [1.29, 1.82) is 0 Å². The molecule has 0 saturated heterocycles. The zero-order valence-corrected chi connectivity index (χ0v) is 47.9. The van der Waals surface area contributed by atoms with E-state index in [9.17, 15) is 0 Å². The maximum absolute atomic E-state index is 2.77. The van der Waals surface area contributed by atoms with Crippen LogP contribution in [0.25, 0.3) is 32.3 Å². The van der Waals surface area contributed by atoms with Gasteiger partial charge in [0.25, 0.3) is 6.71 Å². The van der Waals surface area contributed by atoms with Crippen LogP contribution in [0.2, 0.25) is 0 Å². The van der Waals surface area contributed by atoms with E-state index in [0.29, 0.717) is 11.8 Å². The lowest BCUT2D eigenvalue weighted by molar-refractivity contribution is 0.332. The summed E-state index contributed by atoms with van der Waals surface area (Å²) < 4.78 is 2.86. The highest BCUT2D eigenvalue weighted by atomic mass is 32.1. The van der Waals surface area contributed by atoms with Crippen LogP contribution in [0.3, 0.4) is 0 Å². The van der Waals surface area contributed by atoms with Crippen LogP contribution in [0, 0.1) is 0 Å². The normalized spacial score (nSPS) is 18.7. The van der Waals surface area contributed by atoms with Gasteiger partial charge in [-0.05, 0) is 180 Å². The molecule has 2 unspecified atom stereocenters. The van der Waals surface area contributed by atoms with Crippen molar-refractivity contribution in [3.8, 4) is 22.3 Å². The highest BCUT2D eigenvalue weighted by Gasteiger charge is 2.49. The Balaban J connectivity index is 1.27. The van der Waals surface area contributed by atoms with Crippen molar-refractivity contribution in [2.75, 3.05) is 9.80 Å². The quantitative estimate of drug-likeness (QED) is 0.162. The molecule has 0 bridgehead atoms. The van der Waals surface area contributed by atoms with Crippen LogP contribution in [0.5, 0.6) is 0 Å². The van der Waals surface area contributed by atoms with Gasteiger partial charge in [-0.15, -0.1) is 11.3 Å². The minimum Gasteiger partial charge on any atom is -0.311 e. The Labute approximate surface area is 448 Å². The number of anilines is 6. The van der Waals surface area contributed by atoms with E-state index in [1.807, 2.05) is 0 Å². The number of benzene rings is 7. The molecule has 2 atom stereocenters. The first kappa shape index (κ1) is 49.1. The monoisotopic (exact) mass is 989 g/mol. The van der Waals surface area contributed by atoms with Gasteiger partial charge in [-0.1, -0.05) is 183 Å². The van der Waals surface area contributed by atoms with E-state index in [2.05, 4.69) is 258 Å². The molecule has 2 aliphatic heterocycles. The van der Waals surface area contributed by atoms with Crippen LogP contribution in [-0.4, -0.2) is 6.71 Å². The Morgan fingerprint density at radius 2 is 0.959 bits per heavy atom. The molecule has 4 heteroatoms. The van der Waals surface area contributed by atoms with E-state index in [-0.39, 0.29) is 33.8 Å². The summed E-state index contributed by atoms with van der Waals surface area (Å²) in [6, 6.07) is 53.2. The molecule has 2 aliphatic carbocycles. The first-order chi connectivity index (χ1) is 34.9. The molecule has 1 aromatic heterocycles. The van der Waals surface area contributed by atoms with Gasteiger partial charge >= 0.3 is 0 Å². The van der Waals surface area contributed by atoms with Gasteiger partial charge in [0.05, 0.1) is 17.1 Å². The van der Waals surface area contributed by atoms with Crippen molar-refractivity contribution < 1.29 is 0 Å². The zero-order chi connectivity index (χ0) is 52.2. The number of fused-ring (bicyclic) bond motifs is 8. The van der Waals surface area contributed by atoms with Gasteiger partial charge in [0.15, 0.2) is 0 Å². The van der Waals surface area contributed by atoms with Crippen LogP contribution in [-0.2, 0) is 27.1 Å². The van der Waals surface area contributed by atoms with E-state index in [1.54, 1.807) is 11.1 Å². The second-order valence-electron chi connectivity index (χ2n) is 27.4. The second kappa shape index (κ2) is 16.8. The highest BCUT2D eigenvalue weighted by molar-refractivity contribution is 7.33. The van der Waals surface area contributed by atoms with Gasteiger partial charge < -0.3 is 9.80 Å². The highest BCUT2D eigenvalue weighted by Crippen LogP contribution is 2.56. The first-order valence-corrected chi connectivity index (χ1v) is 28.7. The van der Waals surface area contributed by atoms with E-state index >= 15 is 0 Å². The van der Waals surface area contributed by atoms with Crippen LogP contribution >= 0.6 is 11.3 Å². The molecular formula is C70H77BN2S. The average Bonchev–Trinajstić information content (AvgIpc) is 3.77. The minimum absolute atomic E-state index is 0.0185. The predicted molar refractivity (Wildman–Crippen MR) is 324 cm³/mol. The van der Waals surface area contributed by atoms with Gasteiger partial charge in [0.2, 0.25) is 0 Å². The molecule has 74 heavy (non-hydrogen) atoms. The van der Waals surface area contributed by atoms with Gasteiger partial charge in [0.1, 0.15) is 0 Å². The van der Waals surface area contributed by atoms with Crippen LogP contribution < -0.4 is 25.5 Å². The molecule has 3 heterocycles. The number of rotatable bonds is 4. The summed E-state index contributed by atoms with van der Waals surface area (Å²) >= 11 is 2.07. The lowest BCUT2D eigenvalue weighted by Gasteiger charge is -2.47. The predicted octanol–water partition coefficient (Wildman–Crippen LogP) is 18.6. The fraction of sp³-hybridized carbons (Fsp3) is 0.371. The van der Waals surface area contributed by atoms with Gasteiger partial charge in [0, 0.05) is 43.1 Å². The third-order valence-corrected chi connectivity index (χ3v) is 19.4. The molecular weight excluding hydrogens is 912 g/mol. The number of nitrogens with zero attached hydrogens (tertiary/aromatic N) is 2. The van der Waals surface area contributed by atoms with E-state index < -0.39 is 0 Å². The lowest BCUT2D eigenvalue weighted by Crippen LogP contribution is -2.61. The number of thiophene rings is 1. The SMILES string of the molecule is CC1CCC(C)c2cc3c4c(sc3cc21)B1c2cc3c(cc2N(c2ccc(C(C)(C)C)cc2-c2ccccc2)c2cc(C(C)(C)C)cc(c21)N4c1ccc(C(C)(C)C)cc1-c1ccccc1)C(C)(C)CCC3(C)C. The molecule has 0 amide bonds. The molecule has 4 aliphatic rings. The summed E-state index contributed by atoms with van der Waals surface area (Å²) in [6.45, 7) is 36.3. The van der Waals surface area contributed by atoms with Crippen molar-refractivity contribution in [1.82, 2.24) is 0 Å². The third-order valence-electron chi connectivity index (χ3n) is 18.2. The van der Waals surface area contributed by atoms with Crippen LogP contribution in [0.15, 0.2) is 133 Å². The van der Waals surface area contributed by atoms with Crippen molar-refractivity contribution >= 4 is 78.0 Å². The molecule has 0 saturated carbocycles. The zero-order valence-electron chi connectivity index (χ0n) is 47.1. The summed E-state index contributed by atoms with van der Waals surface area (Å²) in [5, 5.41) is 1.39. The molecule has 2 nitrogen and oxygen atoms in total. The Morgan fingerprint density at radius 1 is 0.486 bits per heavy atom. The summed E-state index contributed by atoms with van der Waals surface area (Å²) in [4.78, 5) is 5.51. The first-order valence-electron chi connectivity index (χ1n) is 27.9. The van der Waals surface area contributed by atoms with E-state index in [4.69, 9.17) is 0 Å². The summed E-state index contributed by atoms with van der Waals surface area (Å²) in [5.74, 6) is 1.05. The van der Waals surface area contributed by atoms with Crippen molar-refractivity contribution in [3.63, 3.8) is 0 Å². The molecule has 0 spiro atoms. The van der Waals surface area contributed by atoms with E-state index in [0.717, 1.165) is 6.42 Å². The molecule has 0 N–H and O–H groups in total. The van der Waals surface area contributed by atoms with Gasteiger partial charge in [-0.2, -0.15) is 0 Å². The molecule has 376 valence electrons. The lowest BCUT2D eigenvalue weighted by atomic mass is 9.35. The smallest absolute Gasteiger partial charge is 0.264 e. The van der Waals surface area contributed by atoms with Crippen molar-refractivity contribution in [2.45, 2.75) is 168 Å². The molecule has 8 aromatic rings. The Morgan fingerprint density at radius 3 is 1.47 bits per heavy atom. The number of hydrogen-bond acceptors (Lipinski definition) is 3. The maximum atomic E-state index is 2.77. The summed E-state index contributed by atoms with van der Waals surface area (Å²) in [5.41, 5.74) is 25.6.